The number of aromatic nitrogens is 2. The van der Waals surface area contributed by atoms with E-state index in [2.05, 4.69) is 10.2 Å². The summed E-state index contributed by atoms with van der Waals surface area (Å²) < 4.78 is 11.2. The Balaban J connectivity index is 1.61. The average Bonchev–Trinajstić information content (AvgIpc) is 3.18. The summed E-state index contributed by atoms with van der Waals surface area (Å²) in [5.74, 6) is 0.0871. The lowest BCUT2D eigenvalue weighted by Gasteiger charge is -2.31. The molecule has 2 heterocycles. The fraction of sp³-hybridized carbons (Fsp3) is 0.500. The van der Waals surface area contributed by atoms with Crippen molar-refractivity contribution in [3.63, 3.8) is 0 Å². The van der Waals surface area contributed by atoms with E-state index in [4.69, 9.17) is 9.15 Å². The maximum Gasteiger partial charge on any atom is 0.311 e. The van der Waals surface area contributed by atoms with Crippen molar-refractivity contribution in [2.75, 3.05) is 13.1 Å². The Labute approximate surface area is 158 Å². The Morgan fingerprint density at radius 2 is 2.04 bits per heavy atom. The van der Waals surface area contributed by atoms with Gasteiger partial charge in [-0.05, 0) is 38.8 Å². The fourth-order valence-corrected chi connectivity index (χ4v) is 3.15. The van der Waals surface area contributed by atoms with Gasteiger partial charge in [0, 0.05) is 25.1 Å². The minimum atomic E-state index is -0.638. The van der Waals surface area contributed by atoms with Crippen molar-refractivity contribution in [2.24, 2.45) is 5.92 Å². The first-order chi connectivity index (χ1) is 13.0. The van der Waals surface area contributed by atoms with E-state index >= 15 is 0 Å². The predicted molar refractivity (Wildman–Crippen MR) is 98.6 cm³/mol. The first kappa shape index (κ1) is 19.1. The highest BCUT2D eigenvalue weighted by molar-refractivity contribution is 5.78. The van der Waals surface area contributed by atoms with Crippen LogP contribution in [0.15, 0.2) is 28.7 Å². The van der Waals surface area contributed by atoms with E-state index in [1.165, 1.54) is 0 Å². The second-order valence-corrected chi connectivity index (χ2v) is 6.92. The lowest BCUT2D eigenvalue weighted by Crippen LogP contribution is -2.42. The number of carbonyl (C=O) groups is 2. The molecule has 2 unspecified atom stereocenters. The van der Waals surface area contributed by atoms with Crippen molar-refractivity contribution >= 4 is 11.9 Å². The van der Waals surface area contributed by atoms with Crippen LogP contribution in [0, 0.1) is 12.8 Å². The lowest BCUT2D eigenvalue weighted by atomic mass is 9.98. The van der Waals surface area contributed by atoms with Crippen molar-refractivity contribution in [2.45, 2.75) is 46.1 Å². The van der Waals surface area contributed by atoms with Crippen LogP contribution in [0.25, 0.3) is 11.5 Å². The molecular formula is C20H25N3O4. The highest BCUT2D eigenvalue weighted by atomic mass is 16.6. The van der Waals surface area contributed by atoms with E-state index in [9.17, 15) is 9.59 Å². The van der Waals surface area contributed by atoms with Gasteiger partial charge >= 0.3 is 5.97 Å². The molecule has 1 aromatic heterocycles. The Bertz CT molecular complexity index is 800. The predicted octanol–water partition coefficient (Wildman–Crippen LogP) is 3.30. The van der Waals surface area contributed by atoms with Crippen molar-refractivity contribution in [3.05, 3.63) is 35.7 Å². The third-order valence-electron chi connectivity index (χ3n) is 4.79. The van der Waals surface area contributed by atoms with Crippen LogP contribution in [-0.2, 0) is 14.3 Å². The summed E-state index contributed by atoms with van der Waals surface area (Å²) in [5.41, 5.74) is 1.96. The first-order valence-corrected chi connectivity index (χ1v) is 9.36. The highest BCUT2D eigenvalue weighted by Crippen LogP contribution is 2.25. The molecule has 1 fully saturated rings. The minimum Gasteiger partial charge on any atom is -0.452 e. The molecule has 27 heavy (non-hydrogen) atoms. The van der Waals surface area contributed by atoms with Crippen LogP contribution in [0.1, 0.15) is 50.7 Å². The van der Waals surface area contributed by atoms with Crippen LogP contribution in [0.4, 0.5) is 0 Å². The van der Waals surface area contributed by atoms with Crippen molar-refractivity contribution in [1.82, 2.24) is 15.1 Å². The number of ether oxygens (including phenoxy) is 1. The maximum absolute atomic E-state index is 12.5. The lowest BCUT2D eigenvalue weighted by molar-refractivity contribution is -0.157. The molecule has 2 aromatic rings. The SMILES string of the molecule is CCC(=O)N1CCCC(C(=O)OC(C)c2nnc(-c3ccc(C)cc3)o2)C1. The van der Waals surface area contributed by atoms with Crippen LogP contribution >= 0.6 is 0 Å². The summed E-state index contributed by atoms with van der Waals surface area (Å²) in [4.78, 5) is 26.1. The first-order valence-electron chi connectivity index (χ1n) is 9.36. The number of aryl methyl sites for hydroxylation is 1. The van der Waals surface area contributed by atoms with Crippen LogP contribution in [0.3, 0.4) is 0 Å². The molecule has 1 saturated heterocycles. The number of nitrogens with zero attached hydrogens (tertiary/aromatic N) is 3. The van der Waals surface area contributed by atoms with Gasteiger partial charge in [0.1, 0.15) is 0 Å². The summed E-state index contributed by atoms with van der Waals surface area (Å²) in [6.45, 7) is 6.66. The van der Waals surface area contributed by atoms with Gasteiger partial charge in [-0.3, -0.25) is 9.59 Å². The third-order valence-corrected chi connectivity index (χ3v) is 4.79. The molecule has 1 amide bonds. The van der Waals surface area contributed by atoms with Crippen molar-refractivity contribution < 1.29 is 18.7 Å². The number of carbonyl (C=O) groups excluding carboxylic acids is 2. The number of hydrogen-bond donors (Lipinski definition) is 0. The molecule has 0 radical (unpaired) electrons. The standard InChI is InChI=1S/C20H25N3O4/c1-4-17(24)23-11-5-6-16(12-23)20(25)26-14(3)18-21-22-19(27-18)15-9-7-13(2)8-10-15/h7-10,14,16H,4-6,11-12H2,1-3H3. The van der Waals surface area contributed by atoms with Crippen molar-refractivity contribution in [1.29, 1.82) is 0 Å². The Kier molecular flexibility index (Phi) is 5.88. The van der Waals surface area contributed by atoms with Gasteiger partial charge in [-0.1, -0.05) is 24.6 Å². The molecule has 1 aromatic carbocycles. The van der Waals surface area contributed by atoms with Crippen LogP contribution in [0.5, 0.6) is 0 Å². The highest BCUT2D eigenvalue weighted by Gasteiger charge is 2.31. The summed E-state index contributed by atoms with van der Waals surface area (Å²) in [7, 11) is 0. The Morgan fingerprint density at radius 3 is 2.74 bits per heavy atom. The number of hydrogen-bond acceptors (Lipinski definition) is 6. The zero-order chi connectivity index (χ0) is 19.4. The summed E-state index contributed by atoms with van der Waals surface area (Å²) in [6.07, 6.45) is 1.33. The van der Waals surface area contributed by atoms with E-state index in [0.29, 0.717) is 25.4 Å². The zero-order valence-electron chi connectivity index (χ0n) is 16.0. The van der Waals surface area contributed by atoms with E-state index in [1.807, 2.05) is 38.1 Å². The van der Waals surface area contributed by atoms with Crippen LogP contribution in [-0.4, -0.2) is 40.1 Å². The van der Waals surface area contributed by atoms with Crippen molar-refractivity contribution in [3.8, 4) is 11.5 Å². The van der Waals surface area contributed by atoms with E-state index < -0.39 is 6.10 Å². The monoisotopic (exact) mass is 371 g/mol. The smallest absolute Gasteiger partial charge is 0.311 e. The molecule has 3 rings (SSSR count). The van der Waals surface area contributed by atoms with Gasteiger partial charge in [0.15, 0.2) is 6.10 Å². The summed E-state index contributed by atoms with van der Waals surface area (Å²) >= 11 is 0. The fourth-order valence-electron chi connectivity index (χ4n) is 3.15. The molecule has 0 saturated carbocycles. The summed E-state index contributed by atoms with van der Waals surface area (Å²) in [5, 5.41) is 8.05. The molecule has 7 heteroatoms. The van der Waals surface area contributed by atoms with Gasteiger partial charge in [-0.15, -0.1) is 10.2 Å². The van der Waals surface area contributed by atoms with Gasteiger partial charge < -0.3 is 14.1 Å². The molecule has 0 N–H and O–H groups in total. The topological polar surface area (TPSA) is 85.5 Å². The molecule has 0 bridgehead atoms. The van der Waals surface area contributed by atoms with Gasteiger partial charge in [-0.25, -0.2) is 0 Å². The molecule has 0 aliphatic carbocycles. The largest absolute Gasteiger partial charge is 0.452 e. The molecule has 2 atom stereocenters. The maximum atomic E-state index is 12.5. The quantitative estimate of drug-likeness (QED) is 0.750. The molecule has 1 aliphatic heterocycles. The van der Waals surface area contributed by atoms with Gasteiger partial charge in [0.2, 0.25) is 11.8 Å². The number of esters is 1. The van der Waals surface area contributed by atoms with Gasteiger partial charge in [0.05, 0.1) is 5.92 Å². The number of likely N-dealkylation sites (tertiary alicyclic amines) is 1. The molecular weight excluding hydrogens is 346 g/mol. The number of amides is 1. The third kappa shape index (κ3) is 4.53. The normalized spacial score (nSPS) is 18.2. The number of piperidine rings is 1. The molecule has 144 valence electrons. The average molecular weight is 371 g/mol. The Hall–Kier alpha value is -2.70. The summed E-state index contributed by atoms with van der Waals surface area (Å²) in [6, 6.07) is 7.75. The molecule has 7 nitrogen and oxygen atoms in total. The molecule has 1 aliphatic rings. The second kappa shape index (κ2) is 8.33. The number of rotatable bonds is 5. The second-order valence-electron chi connectivity index (χ2n) is 6.92. The Morgan fingerprint density at radius 1 is 1.30 bits per heavy atom. The minimum absolute atomic E-state index is 0.0696. The van der Waals surface area contributed by atoms with E-state index in [-0.39, 0.29) is 23.7 Å². The van der Waals surface area contributed by atoms with E-state index in [0.717, 1.165) is 24.0 Å². The van der Waals surface area contributed by atoms with Crippen LogP contribution < -0.4 is 0 Å². The number of benzene rings is 1. The molecule has 0 spiro atoms. The van der Waals surface area contributed by atoms with Gasteiger partial charge in [0.25, 0.3) is 5.89 Å². The van der Waals surface area contributed by atoms with Crippen LogP contribution in [0.2, 0.25) is 0 Å². The van der Waals surface area contributed by atoms with E-state index in [1.54, 1.807) is 11.8 Å². The van der Waals surface area contributed by atoms with Gasteiger partial charge in [-0.2, -0.15) is 0 Å². The zero-order valence-corrected chi connectivity index (χ0v) is 16.0.